The van der Waals surface area contributed by atoms with Gasteiger partial charge in [-0.3, -0.25) is 4.79 Å². The monoisotopic (exact) mass is 350 g/mol. The quantitative estimate of drug-likeness (QED) is 0.672. The van der Waals surface area contributed by atoms with Crippen molar-refractivity contribution in [2.24, 2.45) is 0 Å². The number of allylic oxidation sites excluding steroid dienone is 1. The number of carbonyl (C=O) groups is 1. The minimum absolute atomic E-state index is 0.207. The Morgan fingerprint density at radius 1 is 1.27 bits per heavy atom. The van der Waals surface area contributed by atoms with Crippen LogP contribution < -0.4 is 15.4 Å². The van der Waals surface area contributed by atoms with E-state index in [4.69, 9.17) is 4.74 Å². The molecule has 0 spiro atoms. The van der Waals surface area contributed by atoms with Crippen LogP contribution in [0.3, 0.4) is 0 Å². The molecule has 3 aromatic rings. The van der Waals surface area contributed by atoms with Gasteiger partial charge in [-0.05, 0) is 43.3 Å². The number of aromatic nitrogens is 4. The number of benzene rings is 1. The van der Waals surface area contributed by atoms with Crippen LogP contribution in [0.15, 0.2) is 60.2 Å². The van der Waals surface area contributed by atoms with E-state index in [0.29, 0.717) is 17.2 Å². The number of rotatable bonds is 4. The number of ether oxygens (including phenoxy) is 1. The lowest BCUT2D eigenvalue weighted by Gasteiger charge is -2.27. The van der Waals surface area contributed by atoms with Crippen molar-refractivity contribution in [3.8, 4) is 5.75 Å². The lowest BCUT2D eigenvalue weighted by Crippen LogP contribution is -2.31. The van der Waals surface area contributed by atoms with Crippen molar-refractivity contribution in [2.45, 2.75) is 13.0 Å². The first-order chi connectivity index (χ1) is 12.7. The number of anilines is 2. The Balaban J connectivity index is 1.69. The van der Waals surface area contributed by atoms with Gasteiger partial charge in [0, 0.05) is 23.3 Å². The Morgan fingerprint density at radius 2 is 2.08 bits per heavy atom. The average Bonchev–Trinajstić information content (AvgIpc) is 3.32. The molecular formula is C18H18N6O2. The van der Waals surface area contributed by atoms with Crippen LogP contribution in [0.4, 0.5) is 11.6 Å². The van der Waals surface area contributed by atoms with E-state index in [1.165, 1.54) is 6.33 Å². The van der Waals surface area contributed by atoms with Gasteiger partial charge in [-0.1, -0.05) is 0 Å². The molecule has 1 aromatic carbocycles. The number of hydrogen-bond donors (Lipinski definition) is 3. The van der Waals surface area contributed by atoms with Gasteiger partial charge in [-0.15, -0.1) is 0 Å². The second kappa shape index (κ2) is 6.40. The van der Waals surface area contributed by atoms with Crippen LogP contribution in [0.25, 0.3) is 0 Å². The van der Waals surface area contributed by atoms with Crippen LogP contribution in [-0.4, -0.2) is 32.8 Å². The fourth-order valence-corrected chi connectivity index (χ4v) is 3.06. The minimum Gasteiger partial charge on any atom is -0.497 e. The summed E-state index contributed by atoms with van der Waals surface area (Å²) in [7, 11) is 1.60. The highest BCUT2D eigenvalue weighted by atomic mass is 16.5. The maximum Gasteiger partial charge on any atom is 0.255 e. The minimum atomic E-state index is -0.387. The van der Waals surface area contributed by atoms with Crippen LogP contribution in [0.5, 0.6) is 5.75 Å². The van der Waals surface area contributed by atoms with E-state index in [2.05, 4.69) is 25.7 Å². The van der Waals surface area contributed by atoms with Crippen molar-refractivity contribution < 1.29 is 9.53 Å². The van der Waals surface area contributed by atoms with E-state index in [9.17, 15) is 4.79 Å². The zero-order chi connectivity index (χ0) is 18.1. The summed E-state index contributed by atoms with van der Waals surface area (Å²) in [5, 5.41) is 10.4. The summed E-state index contributed by atoms with van der Waals surface area (Å²) >= 11 is 0. The molecule has 8 heteroatoms. The topological polar surface area (TPSA) is 96.9 Å². The highest BCUT2D eigenvalue weighted by Crippen LogP contribution is 2.34. The molecule has 0 saturated carbocycles. The Hall–Kier alpha value is -3.55. The molecule has 1 aliphatic heterocycles. The van der Waals surface area contributed by atoms with Gasteiger partial charge in [0.05, 0.1) is 12.7 Å². The standard InChI is InChI=1S/C18H18N6O2/c1-11-15(17(25)23-12-5-7-13(26-2)8-6-12)16(14-4-3-9-19-14)24-18(22-11)20-10-21-24/h3-10,16,19H,1-2H3,(H,23,25)(H,20,21,22)/t16-/m1/s1. The van der Waals surface area contributed by atoms with Gasteiger partial charge < -0.3 is 20.4 Å². The summed E-state index contributed by atoms with van der Waals surface area (Å²) in [6.45, 7) is 1.86. The lowest BCUT2D eigenvalue weighted by atomic mass is 9.99. The number of aromatic amines is 1. The molecular weight excluding hydrogens is 332 g/mol. The van der Waals surface area contributed by atoms with Gasteiger partial charge in [0.15, 0.2) is 0 Å². The molecule has 1 atom stereocenters. The van der Waals surface area contributed by atoms with Crippen molar-refractivity contribution in [1.29, 1.82) is 0 Å². The second-order valence-electron chi connectivity index (χ2n) is 5.90. The number of hydrogen-bond acceptors (Lipinski definition) is 5. The molecule has 26 heavy (non-hydrogen) atoms. The first-order valence-electron chi connectivity index (χ1n) is 8.13. The summed E-state index contributed by atoms with van der Waals surface area (Å²) in [6, 6.07) is 10.6. The summed E-state index contributed by atoms with van der Waals surface area (Å²) in [5.74, 6) is 1.12. The van der Waals surface area contributed by atoms with Crippen molar-refractivity contribution in [3.05, 3.63) is 65.9 Å². The van der Waals surface area contributed by atoms with Gasteiger partial charge in [0.25, 0.3) is 5.91 Å². The van der Waals surface area contributed by atoms with Crippen molar-refractivity contribution >= 4 is 17.5 Å². The zero-order valence-electron chi connectivity index (χ0n) is 14.4. The molecule has 0 aliphatic carbocycles. The van der Waals surface area contributed by atoms with E-state index in [1.54, 1.807) is 36.1 Å². The third-order valence-corrected chi connectivity index (χ3v) is 4.30. The van der Waals surface area contributed by atoms with Gasteiger partial charge in [-0.25, -0.2) is 4.68 Å². The van der Waals surface area contributed by atoms with E-state index in [-0.39, 0.29) is 11.9 Å². The second-order valence-corrected chi connectivity index (χ2v) is 5.90. The fourth-order valence-electron chi connectivity index (χ4n) is 3.06. The molecule has 8 nitrogen and oxygen atoms in total. The van der Waals surface area contributed by atoms with Gasteiger partial charge in [0.2, 0.25) is 5.95 Å². The number of nitrogens with zero attached hydrogens (tertiary/aromatic N) is 3. The smallest absolute Gasteiger partial charge is 0.255 e. The van der Waals surface area contributed by atoms with Crippen molar-refractivity contribution in [2.75, 3.05) is 17.7 Å². The Kier molecular flexibility index (Phi) is 3.92. The van der Waals surface area contributed by atoms with E-state index in [1.807, 2.05) is 25.3 Å². The molecule has 3 heterocycles. The number of amides is 1. The van der Waals surface area contributed by atoms with Crippen LogP contribution in [0, 0.1) is 0 Å². The van der Waals surface area contributed by atoms with Crippen LogP contribution in [0.1, 0.15) is 18.7 Å². The van der Waals surface area contributed by atoms with Crippen molar-refractivity contribution in [1.82, 2.24) is 19.7 Å². The lowest BCUT2D eigenvalue weighted by molar-refractivity contribution is -0.113. The maximum absolute atomic E-state index is 13.1. The maximum atomic E-state index is 13.1. The van der Waals surface area contributed by atoms with Crippen LogP contribution in [-0.2, 0) is 4.79 Å². The molecule has 0 unspecified atom stereocenters. The predicted octanol–water partition coefficient (Wildman–Crippen LogP) is 2.54. The number of H-pyrrole nitrogens is 1. The van der Waals surface area contributed by atoms with Gasteiger partial charge >= 0.3 is 0 Å². The van der Waals surface area contributed by atoms with E-state index in [0.717, 1.165) is 17.1 Å². The molecule has 0 fully saturated rings. The molecule has 3 N–H and O–H groups in total. The third kappa shape index (κ3) is 2.71. The summed E-state index contributed by atoms with van der Waals surface area (Å²) in [6.07, 6.45) is 3.29. The largest absolute Gasteiger partial charge is 0.497 e. The summed E-state index contributed by atoms with van der Waals surface area (Å²) in [4.78, 5) is 20.4. The normalized spacial score (nSPS) is 16.0. The molecule has 132 valence electrons. The summed E-state index contributed by atoms with van der Waals surface area (Å²) in [5.41, 5.74) is 2.85. The first-order valence-corrected chi connectivity index (χ1v) is 8.13. The van der Waals surface area contributed by atoms with Crippen molar-refractivity contribution in [3.63, 3.8) is 0 Å². The van der Waals surface area contributed by atoms with E-state index < -0.39 is 0 Å². The molecule has 0 bridgehead atoms. The number of nitrogens with one attached hydrogen (secondary N) is 3. The van der Waals surface area contributed by atoms with Gasteiger partial charge in [0.1, 0.15) is 18.1 Å². The summed E-state index contributed by atoms with van der Waals surface area (Å²) < 4.78 is 6.85. The first kappa shape index (κ1) is 15.9. The number of carbonyl (C=O) groups excluding carboxylic acids is 1. The highest BCUT2D eigenvalue weighted by Gasteiger charge is 2.33. The SMILES string of the molecule is COc1ccc(NC(=O)C2=C(C)Nc3ncnn3[C@@H]2c2ccc[nH]2)cc1. The zero-order valence-corrected chi connectivity index (χ0v) is 14.4. The fraction of sp³-hybridized carbons (Fsp3) is 0.167. The van der Waals surface area contributed by atoms with Gasteiger partial charge in [-0.2, -0.15) is 10.1 Å². The Morgan fingerprint density at radius 3 is 2.77 bits per heavy atom. The van der Waals surface area contributed by atoms with E-state index >= 15 is 0 Å². The Bertz CT molecular complexity index is 956. The van der Waals surface area contributed by atoms with Crippen LogP contribution >= 0.6 is 0 Å². The molecule has 1 amide bonds. The molecule has 0 saturated heterocycles. The number of fused-ring (bicyclic) bond motifs is 1. The highest BCUT2D eigenvalue weighted by molar-refractivity contribution is 6.05. The average molecular weight is 350 g/mol. The molecule has 0 radical (unpaired) electrons. The predicted molar refractivity (Wildman–Crippen MR) is 96.9 cm³/mol. The Labute approximate surface area is 149 Å². The number of methoxy groups -OCH3 is 1. The third-order valence-electron chi connectivity index (χ3n) is 4.30. The molecule has 1 aliphatic rings. The van der Waals surface area contributed by atoms with Crippen LogP contribution in [0.2, 0.25) is 0 Å². The molecule has 2 aromatic heterocycles. The molecule has 4 rings (SSSR count).